The highest BCUT2D eigenvalue weighted by atomic mass is 19.4. The van der Waals surface area contributed by atoms with Crippen LogP contribution in [0.2, 0.25) is 0 Å². The van der Waals surface area contributed by atoms with Crippen LogP contribution in [0.4, 0.5) is 13.2 Å². The first kappa shape index (κ1) is 20.8. The number of ketones is 1. The molecule has 2 aromatic carbocycles. The van der Waals surface area contributed by atoms with Crippen molar-refractivity contribution in [3.8, 4) is 17.2 Å². The van der Waals surface area contributed by atoms with Crippen molar-refractivity contribution >= 4 is 17.8 Å². The molecule has 0 unspecified atom stereocenters. The molecule has 2 aromatic rings. The average Bonchev–Trinajstić information content (AvgIpc) is 2.64. The highest BCUT2D eigenvalue weighted by molar-refractivity contribution is 6.07. The van der Waals surface area contributed by atoms with E-state index in [0.717, 1.165) is 12.1 Å². The van der Waals surface area contributed by atoms with E-state index in [9.17, 15) is 22.8 Å². The molecule has 0 atom stereocenters. The molecule has 0 radical (unpaired) electrons. The van der Waals surface area contributed by atoms with Crippen LogP contribution in [-0.4, -0.2) is 36.9 Å². The van der Waals surface area contributed by atoms with Gasteiger partial charge in [0.05, 0.1) is 7.11 Å². The number of hydrogen-bond acceptors (Lipinski definition) is 5. The van der Waals surface area contributed by atoms with Crippen LogP contribution in [0.25, 0.3) is 6.08 Å². The Hall–Kier alpha value is -3.49. The zero-order valence-corrected chi connectivity index (χ0v) is 14.5. The van der Waals surface area contributed by atoms with Crippen molar-refractivity contribution in [2.75, 3.05) is 13.7 Å². The third-order valence-corrected chi connectivity index (χ3v) is 3.36. The molecule has 0 aromatic heterocycles. The topological polar surface area (TPSA) is 82.1 Å². The largest absolute Gasteiger partial charge is 0.573 e. The molecule has 28 heavy (non-hydrogen) atoms. The van der Waals surface area contributed by atoms with Crippen molar-refractivity contribution in [1.82, 2.24) is 0 Å². The molecule has 0 heterocycles. The van der Waals surface area contributed by atoms with Gasteiger partial charge in [0.25, 0.3) is 0 Å². The van der Waals surface area contributed by atoms with E-state index in [2.05, 4.69) is 4.74 Å². The Morgan fingerprint density at radius 2 is 1.79 bits per heavy atom. The number of hydrogen-bond donors (Lipinski definition) is 1. The first-order valence-electron chi connectivity index (χ1n) is 7.79. The number of carbonyl (C=O) groups excluding carboxylic acids is 1. The van der Waals surface area contributed by atoms with Gasteiger partial charge in [-0.2, -0.15) is 0 Å². The number of para-hydroxylation sites is 1. The Kier molecular flexibility index (Phi) is 6.64. The molecule has 2 rings (SSSR count). The summed E-state index contributed by atoms with van der Waals surface area (Å²) < 4.78 is 51.4. The van der Waals surface area contributed by atoms with Crippen molar-refractivity contribution in [3.63, 3.8) is 0 Å². The van der Waals surface area contributed by atoms with Gasteiger partial charge in [-0.3, -0.25) is 4.79 Å². The number of carboxylic acids is 1. The zero-order valence-electron chi connectivity index (χ0n) is 14.5. The number of methoxy groups -OCH3 is 1. The summed E-state index contributed by atoms with van der Waals surface area (Å²) in [6.07, 6.45) is -2.57. The van der Waals surface area contributed by atoms with Gasteiger partial charge in [-0.1, -0.05) is 18.2 Å². The SMILES string of the molecule is COc1cc(C(=O)/C=C/c2ccccc2OC(F)(F)F)ccc1OCC(=O)O. The van der Waals surface area contributed by atoms with Crippen LogP contribution in [0.3, 0.4) is 0 Å². The minimum absolute atomic E-state index is 0.0709. The highest BCUT2D eigenvalue weighted by Crippen LogP contribution is 2.29. The first-order valence-corrected chi connectivity index (χ1v) is 7.79. The highest BCUT2D eigenvalue weighted by Gasteiger charge is 2.31. The molecule has 0 amide bonds. The second-order valence-electron chi connectivity index (χ2n) is 5.33. The number of halogens is 3. The van der Waals surface area contributed by atoms with Crippen molar-refractivity contribution in [2.45, 2.75) is 6.36 Å². The molecule has 0 fully saturated rings. The van der Waals surface area contributed by atoms with Crippen molar-refractivity contribution < 1.29 is 42.1 Å². The van der Waals surface area contributed by atoms with Gasteiger partial charge in [0.2, 0.25) is 0 Å². The minimum atomic E-state index is -4.85. The summed E-state index contributed by atoms with van der Waals surface area (Å²) in [5.74, 6) is -1.85. The molecule has 1 N–H and O–H groups in total. The lowest BCUT2D eigenvalue weighted by Crippen LogP contribution is -2.17. The van der Waals surface area contributed by atoms with Crippen LogP contribution in [-0.2, 0) is 4.79 Å². The average molecular weight is 396 g/mol. The number of ether oxygens (including phenoxy) is 3. The standard InChI is InChI=1S/C19H15F3O6/c1-26-17-10-13(7-9-16(17)27-11-18(24)25)14(23)8-6-12-4-2-3-5-15(12)28-19(20,21)22/h2-10H,11H2,1H3,(H,24,25)/b8-6+. The Balaban J connectivity index is 2.20. The van der Waals surface area contributed by atoms with E-state index in [1.165, 1.54) is 49.6 Å². The lowest BCUT2D eigenvalue weighted by molar-refractivity contribution is -0.274. The van der Waals surface area contributed by atoms with Gasteiger partial charge in [-0.05, 0) is 36.4 Å². The Morgan fingerprint density at radius 3 is 2.43 bits per heavy atom. The van der Waals surface area contributed by atoms with Gasteiger partial charge in [0.1, 0.15) is 5.75 Å². The van der Waals surface area contributed by atoms with E-state index < -0.39 is 30.5 Å². The molecule has 0 spiro atoms. The third-order valence-electron chi connectivity index (χ3n) is 3.36. The fourth-order valence-electron chi connectivity index (χ4n) is 2.18. The summed E-state index contributed by atoms with van der Waals surface area (Å²) in [4.78, 5) is 22.9. The van der Waals surface area contributed by atoms with Crippen LogP contribution >= 0.6 is 0 Å². The second kappa shape index (κ2) is 8.94. The fourth-order valence-corrected chi connectivity index (χ4v) is 2.18. The molecule has 6 nitrogen and oxygen atoms in total. The molecule has 0 aliphatic heterocycles. The molecule has 0 saturated carbocycles. The van der Waals surface area contributed by atoms with Gasteiger partial charge in [-0.25, -0.2) is 4.79 Å². The van der Waals surface area contributed by atoms with Crippen LogP contribution in [0, 0.1) is 0 Å². The Morgan fingerprint density at radius 1 is 1.07 bits per heavy atom. The van der Waals surface area contributed by atoms with Crippen LogP contribution in [0.5, 0.6) is 17.2 Å². The molecule has 148 valence electrons. The van der Waals surface area contributed by atoms with E-state index in [1.807, 2.05) is 0 Å². The number of carboxylic acid groups (broad SMARTS) is 1. The van der Waals surface area contributed by atoms with Crippen LogP contribution < -0.4 is 14.2 Å². The van der Waals surface area contributed by atoms with Crippen LogP contribution in [0.1, 0.15) is 15.9 Å². The third kappa shape index (κ3) is 6.04. The maximum Gasteiger partial charge on any atom is 0.573 e. The normalized spacial score (nSPS) is 11.3. The summed E-state index contributed by atoms with van der Waals surface area (Å²) in [5.41, 5.74) is 0.242. The predicted molar refractivity (Wildman–Crippen MR) is 92.6 cm³/mol. The number of allylic oxidation sites excluding steroid dienone is 1. The predicted octanol–water partition coefficient (Wildman–Crippen LogP) is 3.95. The van der Waals surface area contributed by atoms with E-state index in [4.69, 9.17) is 14.6 Å². The number of rotatable bonds is 8. The van der Waals surface area contributed by atoms with Crippen molar-refractivity contribution in [1.29, 1.82) is 0 Å². The fraction of sp³-hybridized carbons (Fsp3) is 0.158. The lowest BCUT2D eigenvalue weighted by atomic mass is 10.1. The number of aliphatic carboxylic acids is 1. The molecule has 0 saturated heterocycles. The zero-order chi connectivity index (χ0) is 20.7. The van der Waals surface area contributed by atoms with Gasteiger partial charge in [0.15, 0.2) is 23.9 Å². The Bertz CT molecular complexity index is 889. The van der Waals surface area contributed by atoms with E-state index in [1.54, 1.807) is 0 Å². The van der Waals surface area contributed by atoms with Gasteiger partial charge < -0.3 is 19.3 Å². The number of benzene rings is 2. The van der Waals surface area contributed by atoms with Crippen LogP contribution in [0.15, 0.2) is 48.5 Å². The molecular weight excluding hydrogens is 381 g/mol. The summed E-state index contributed by atoms with van der Waals surface area (Å²) in [5, 5.41) is 8.64. The van der Waals surface area contributed by atoms with E-state index in [0.29, 0.717) is 0 Å². The molecule has 0 aliphatic rings. The van der Waals surface area contributed by atoms with Crippen molar-refractivity contribution in [3.05, 3.63) is 59.7 Å². The Labute approximate surface area is 157 Å². The summed E-state index contributed by atoms with van der Waals surface area (Å²) in [6.45, 7) is -0.584. The monoisotopic (exact) mass is 396 g/mol. The minimum Gasteiger partial charge on any atom is -0.493 e. The summed E-state index contributed by atoms with van der Waals surface area (Å²) in [7, 11) is 1.32. The smallest absolute Gasteiger partial charge is 0.493 e. The molecule has 0 bridgehead atoms. The summed E-state index contributed by atoms with van der Waals surface area (Å²) in [6, 6.07) is 9.46. The van der Waals surface area contributed by atoms with Gasteiger partial charge in [0, 0.05) is 11.1 Å². The second-order valence-corrected chi connectivity index (χ2v) is 5.33. The maximum atomic E-state index is 12.4. The van der Waals surface area contributed by atoms with Crippen molar-refractivity contribution in [2.24, 2.45) is 0 Å². The number of alkyl halides is 3. The van der Waals surface area contributed by atoms with E-state index in [-0.39, 0.29) is 22.6 Å². The molecule has 0 aliphatic carbocycles. The lowest BCUT2D eigenvalue weighted by Gasteiger charge is -2.11. The molecule has 9 heteroatoms. The van der Waals surface area contributed by atoms with E-state index >= 15 is 0 Å². The quantitative estimate of drug-likeness (QED) is 0.537. The summed E-state index contributed by atoms with van der Waals surface area (Å²) >= 11 is 0. The van der Waals surface area contributed by atoms with Gasteiger partial charge in [-0.15, -0.1) is 13.2 Å². The van der Waals surface area contributed by atoms with Gasteiger partial charge >= 0.3 is 12.3 Å². The molecular formula is C19H15F3O6. The maximum absolute atomic E-state index is 12.4. The number of carbonyl (C=O) groups is 2. The first-order chi connectivity index (χ1) is 13.2.